The standard InChI is InChI=1S/C43H87NO4/c1-3-5-7-9-11-13-15-17-19-21-23-25-27-29-31-33-35-37-42(47)41(39-45)44-43(48)38-40(46)36-34-32-30-28-26-24-22-20-18-16-14-12-10-8-6-4-2/h40-42,45-47H,3-39H2,1-2H3,(H,44,48). The highest BCUT2D eigenvalue weighted by Crippen LogP contribution is 2.17. The zero-order valence-electron chi connectivity index (χ0n) is 32.6. The van der Waals surface area contributed by atoms with Crippen molar-refractivity contribution in [2.75, 3.05) is 6.61 Å². The topological polar surface area (TPSA) is 89.8 Å². The number of hydrogen-bond acceptors (Lipinski definition) is 4. The number of carbonyl (C=O) groups is 1. The SMILES string of the molecule is CCCCCCCCCCCCCCCCCCCC(O)C(CO)NC(=O)CC(O)CCCCCCCCCCCCCCCCCC. The fourth-order valence-electron chi connectivity index (χ4n) is 7.05. The number of unbranched alkanes of at least 4 members (excludes halogenated alkanes) is 31. The Labute approximate surface area is 300 Å². The van der Waals surface area contributed by atoms with Gasteiger partial charge < -0.3 is 20.6 Å². The quantitative estimate of drug-likeness (QED) is 0.0485. The van der Waals surface area contributed by atoms with Gasteiger partial charge in [0.15, 0.2) is 0 Å². The molecular formula is C43H87NO4. The molecular weight excluding hydrogens is 594 g/mol. The molecule has 0 radical (unpaired) electrons. The van der Waals surface area contributed by atoms with Crippen molar-refractivity contribution < 1.29 is 20.1 Å². The summed E-state index contributed by atoms with van der Waals surface area (Å²) in [4.78, 5) is 12.4. The first kappa shape index (κ1) is 47.4. The molecule has 3 unspecified atom stereocenters. The smallest absolute Gasteiger partial charge is 0.222 e. The number of amides is 1. The molecule has 0 aliphatic rings. The Balaban J connectivity index is 3.59. The first-order valence-electron chi connectivity index (χ1n) is 21.8. The molecule has 0 heterocycles. The van der Waals surface area contributed by atoms with Gasteiger partial charge in [-0.05, 0) is 12.8 Å². The van der Waals surface area contributed by atoms with Gasteiger partial charge in [-0.25, -0.2) is 0 Å². The van der Waals surface area contributed by atoms with Crippen molar-refractivity contribution in [2.24, 2.45) is 0 Å². The number of hydrogen-bond donors (Lipinski definition) is 4. The Morgan fingerprint density at radius 2 is 0.708 bits per heavy atom. The van der Waals surface area contributed by atoms with Crippen LogP contribution in [-0.4, -0.2) is 46.1 Å². The molecule has 0 spiro atoms. The van der Waals surface area contributed by atoms with E-state index in [2.05, 4.69) is 19.2 Å². The third-order valence-corrected chi connectivity index (χ3v) is 10.4. The first-order valence-corrected chi connectivity index (χ1v) is 21.8. The van der Waals surface area contributed by atoms with Crippen LogP contribution >= 0.6 is 0 Å². The third kappa shape index (κ3) is 35.2. The van der Waals surface area contributed by atoms with Crippen molar-refractivity contribution in [2.45, 2.75) is 263 Å². The molecule has 0 fully saturated rings. The zero-order valence-corrected chi connectivity index (χ0v) is 32.6. The minimum atomic E-state index is -0.743. The van der Waals surface area contributed by atoms with E-state index < -0.39 is 18.2 Å². The normalized spacial score (nSPS) is 13.5. The highest BCUT2D eigenvalue weighted by atomic mass is 16.3. The van der Waals surface area contributed by atoms with Gasteiger partial charge in [0, 0.05) is 0 Å². The Hall–Kier alpha value is -0.650. The average molecular weight is 682 g/mol. The van der Waals surface area contributed by atoms with Gasteiger partial charge in [-0.1, -0.05) is 226 Å². The summed E-state index contributed by atoms with van der Waals surface area (Å²) in [6.45, 7) is 4.28. The molecule has 0 aliphatic carbocycles. The van der Waals surface area contributed by atoms with E-state index in [-0.39, 0.29) is 18.9 Å². The maximum Gasteiger partial charge on any atom is 0.222 e. The number of nitrogens with one attached hydrogen (secondary N) is 1. The van der Waals surface area contributed by atoms with Crippen LogP contribution in [0.5, 0.6) is 0 Å². The van der Waals surface area contributed by atoms with Crippen molar-refractivity contribution in [1.29, 1.82) is 0 Å². The van der Waals surface area contributed by atoms with Crippen LogP contribution < -0.4 is 5.32 Å². The average Bonchev–Trinajstić information content (AvgIpc) is 3.08. The van der Waals surface area contributed by atoms with Crippen molar-refractivity contribution in [1.82, 2.24) is 5.32 Å². The van der Waals surface area contributed by atoms with Gasteiger partial charge in [0.25, 0.3) is 0 Å². The van der Waals surface area contributed by atoms with E-state index in [1.54, 1.807) is 0 Å². The Kier molecular flexibility index (Phi) is 38.6. The molecule has 0 saturated heterocycles. The summed E-state index contributed by atoms with van der Waals surface area (Å²) in [6.07, 6.45) is 43.5. The fraction of sp³-hybridized carbons (Fsp3) is 0.977. The maximum absolute atomic E-state index is 12.4. The van der Waals surface area contributed by atoms with E-state index in [1.165, 1.54) is 186 Å². The Morgan fingerprint density at radius 1 is 0.438 bits per heavy atom. The summed E-state index contributed by atoms with van der Waals surface area (Å²) in [5.41, 5.74) is 0. The minimum absolute atomic E-state index is 0.0427. The van der Waals surface area contributed by atoms with Gasteiger partial charge in [0.1, 0.15) is 0 Å². The minimum Gasteiger partial charge on any atom is -0.394 e. The summed E-state index contributed by atoms with van der Waals surface area (Å²) < 4.78 is 0. The van der Waals surface area contributed by atoms with Crippen molar-refractivity contribution in [3.8, 4) is 0 Å². The zero-order chi connectivity index (χ0) is 35.2. The van der Waals surface area contributed by atoms with Crippen molar-refractivity contribution >= 4 is 5.91 Å². The predicted octanol–water partition coefficient (Wildman–Crippen LogP) is 12.3. The molecule has 0 rings (SSSR count). The lowest BCUT2D eigenvalue weighted by molar-refractivity contribution is -0.125. The van der Waals surface area contributed by atoms with Crippen LogP contribution in [0, 0.1) is 0 Å². The second-order valence-corrected chi connectivity index (χ2v) is 15.3. The van der Waals surface area contributed by atoms with Gasteiger partial charge in [0.2, 0.25) is 5.91 Å². The molecule has 5 nitrogen and oxygen atoms in total. The highest BCUT2D eigenvalue weighted by Gasteiger charge is 2.21. The molecule has 4 N–H and O–H groups in total. The molecule has 288 valence electrons. The molecule has 0 saturated carbocycles. The lowest BCUT2D eigenvalue weighted by Gasteiger charge is -2.23. The van der Waals surface area contributed by atoms with E-state index >= 15 is 0 Å². The maximum atomic E-state index is 12.4. The van der Waals surface area contributed by atoms with Crippen LogP contribution in [0.4, 0.5) is 0 Å². The van der Waals surface area contributed by atoms with E-state index in [0.29, 0.717) is 12.8 Å². The van der Waals surface area contributed by atoms with Crippen LogP contribution in [0.3, 0.4) is 0 Å². The number of aliphatic hydroxyl groups is 3. The lowest BCUT2D eigenvalue weighted by Crippen LogP contribution is -2.46. The van der Waals surface area contributed by atoms with Crippen molar-refractivity contribution in [3.05, 3.63) is 0 Å². The molecule has 0 aromatic rings. The lowest BCUT2D eigenvalue weighted by atomic mass is 10.0. The largest absolute Gasteiger partial charge is 0.394 e. The Morgan fingerprint density at radius 3 is 1.00 bits per heavy atom. The second kappa shape index (κ2) is 39.1. The molecule has 1 amide bonds. The highest BCUT2D eigenvalue weighted by molar-refractivity contribution is 5.76. The van der Waals surface area contributed by atoms with Gasteiger partial charge in [-0.3, -0.25) is 4.79 Å². The van der Waals surface area contributed by atoms with Gasteiger partial charge in [0.05, 0.1) is 31.3 Å². The van der Waals surface area contributed by atoms with Gasteiger partial charge in [-0.15, -0.1) is 0 Å². The Bertz CT molecular complexity index is 630. The molecule has 0 aliphatic heterocycles. The van der Waals surface area contributed by atoms with Crippen LogP contribution in [0.15, 0.2) is 0 Å². The molecule has 0 aromatic heterocycles. The van der Waals surface area contributed by atoms with E-state index in [1.807, 2.05) is 0 Å². The van der Waals surface area contributed by atoms with E-state index in [4.69, 9.17) is 0 Å². The van der Waals surface area contributed by atoms with Gasteiger partial charge >= 0.3 is 0 Å². The van der Waals surface area contributed by atoms with Gasteiger partial charge in [-0.2, -0.15) is 0 Å². The molecule has 0 aromatic carbocycles. The second-order valence-electron chi connectivity index (χ2n) is 15.3. The van der Waals surface area contributed by atoms with Crippen LogP contribution in [0.1, 0.15) is 245 Å². The fourth-order valence-corrected chi connectivity index (χ4v) is 7.05. The van der Waals surface area contributed by atoms with Crippen LogP contribution in [-0.2, 0) is 4.79 Å². The summed E-state index contributed by atoms with van der Waals surface area (Å²) >= 11 is 0. The molecule has 5 heteroatoms. The van der Waals surface area contributed by atoms with E-state index in [9.17, 15) is 20.1 Å². The number of aliphatic hydroxyl groups excluding tert-OH is 3. The molecule has 3 atom stereocenters. The van der Waals surface area contributed by atoms with Crippen LogP contribution in [0.25, 0.3) is 0 Å². The molecule has 48 heavy (non-hydrogen) atoms. The summed E-state index contributed by atoms with van der Waals surface area (Å²) in [5, 5.41) is 33.4. The predicted molar refractivity (Wildman–Crippen MR) is 209 cm³/mol. The number of rotatable bonds is 40. The third-order valence-electron chi connectivity index (χ3n) is 10.4. The van der Waals surface area contributed by atoms with Crippen molar-refractivity contribution in [3.63, 3.8) is 0 Å². The monoisotopic (exact) mass is 682 g/mol. The first-order chi connectivity index (χ1) is 23.5. The van der Waals surface area contributed by atoms with Crippen LogP contribution in [0.2, 0.25) is 0 Å². The molecule has 0 bridgehead atoms. The summed E-state index contributed by atoms with van der Waals surface area (Å²) in [7, 11) is 0. The number of carbonyl (C=O) groups excluding carboxylic acids is 1. The van der Waals surface area contributed by atoms with E-state index in [0.717, 1.165) is 25.7 Å². The summed E-state index contributed by atoms with van der Waals surface area (Å²) in [6, 6.07) is -0.652. The summed E-state index contributed by atoms with van der Waals surface area (Å²) in [5.74, 6) is -0.278.